The number of unbranched alkanes of at least 4 members (excludes halogenated alkanes) is 7. The Hall–Kier alpha value is -1.22. The molecule has 0 bridgehead atoms. The van der Waals surface area contributed by atoms with Crippen LogP contribution in [0.3, 0.4) is 0 Å². The van der Waals surface area contributed by atoms with Crippen molar-refractivity contribution in [2.75, 3.05) is 6.61 Å². The molecule has 0 aromatic rings. The number of ketones is 2. The van der Waals surface area contributed by atoms with E-state index in [1.54, 1.807) is 12.2 Å². The van der Waals surface area contributed by atoms with Crippen molar-refractivity contribution in [3.8, 4) is 0 Å². The predicted octanol–water partition coefficient (Wildman–Crippen LogP) is 3.12. The Morgan fingerprint density at radius 1 is 0.842 bits per heavy atom. The first-order valence-electron chi connectivity index (χ1n) is 7.32. The molecule has 0 aliphatic heterocycles. The Labute approximate surface area is 115 Å². The monoisotopic (exact) mass is 264 g/mol. The van der Waals surface area contributed by atoms with Crippen LogP contribution >= 0.6 is 0 Å². The highest BCUT2D eigenvalue weighted by molar-refractivity contribution is 6.48. The fourth-order valence-corrected chi connectivity index (χ4v) is 2.25. The van der Waals surface area contributed by atoms with Crippen molar-refractivity contribution in [1.29, 1.82) is 0 Å². The predicted molar refractivity (Wildman–Crippen MR) is 75.9 cm³/mol. The zero-order chi connectivity index (χ0) is 13.9. The van der Waals surface area contributed by atoms with Crippen molar-refractivity contribution < 1.29 is 14.7 Å². The van der Waals surface area contributed by atoms with Crippen molar-refractivity contribution in [2.24, 2.45) is 0 Å². The van der Waals surface area contributed by atoms with Gasteiger partial charge < -0.3 is 5.11 Å². The number of aliphatic hydroxyl groups excluding tert-OH is 1. The minimum atomic E-state index is -0.388. The van der Waals surface area contributed by atoms with E-state index < -0.39 is 0 Å². The maximum absolute atomic E-state index is 11.5. The molecule has 0 unspecified atom stereocenters. The van der Waals surface area contributed by atoms with Gasteiger partial charge in [-0.1, -0.05) is 50.7 Å². The molecule has 0 heterocycles. The fraction of sp³-hybridized carbons (Fsp3) is 0.625. The smallest absolute Gasteiger partial charge is 0.228 e. The summed E-state index contributed by atoms with van der Waals surface area (Å²) in [4.78, 5) is 22.7. The lowest BCUT2D eigenvalue weighted by Crippen LogP contribution is -2.16. The second kappa shape index (κ2) is 9.68. The molecule has 0 saturated carbocycles. The van der Waals surface area contributed by atoms with Gasteiger partial charge in [0, 0.05) is 12.2 Å². The standard InChI is InChI=1S/C16H24O3/c17-13-8-6-4-2-1-3-5-7-10-14-11-9-12-15(18)16(14)19/h9,11-12,17H,1-8,10,13H2. The maximum atomic E-state index is 11.5. The molecule has 0 spiro atoms. The molecule has 0 saturated heterocycles. The van der Waals surface area contributed by atoms with E-state index in [2.05, 4.69) is 0 Å². The summed E-state index contributed by atoms with van der Waals surface area (Å²) >= 11 is 0. The van der Waals surface area contributed by atoms with Crippen LogP contribution < -0.4 is 0 Å². The molecular formula is C16H24O3. The van der Waals surface area contributed by atoms with Crippen LogP contribution in [0, 0.1) is 0 Å². The Morgan fingerprint density at radius 2 is 1.42 bits per heavy atom. The van der Waals surface area contributed by atoms with E-state index in [1.807, 2.05) is 0 Å². The summed E-state index contributed by atoms with van der Waals surface area (Å²) in [6.45, 7) is 0.302. The fourth-order valence-electron chi connectivity index (χ4n) is 2.25. The first-order chi connectivity index (χ1) is 9.25. The van der Waals surface area contributed by atoms with Crippen molar-refractivity contribution in [3.63, 3.8) is 0 Å². The van der Waals surface area contributed by atoms with E-state index in [4.69, 9.17) is 5.11 Å². The number of allylic oxidation sites excluding steroid dienone is 4. The third-order valence-electron chi connectivity index (χ3n) is 3.41. The Bertz CT molecular complexity index is 353. The number of rotatable bonds is 10. The maximum Gasteiger partial charge on any atom is 0.228 e. The minimum Gasteiger partial charge on any atom is -0.396 e. The molecule has 1 N–H and O–H groups in total. The number of aliphatic hydroxyl groups is 1. The highest BCUT2D eigenvalue weighted by atomic mass is 16.3. The summed E-state index contributed by atoms with van der Waals surface area (Å²) in [5, 5.41) is 8.64. The van der Waals surface area contributed by atoms with Crippen LogP contribution in [0.25, 0.3) is 0 Å². The van der Waals surface area contributed by atoms with Gasteiger partial charge >= 0.3 is 0 Å². The number of Topliss-reactive ketones (excluding diaryl/α,β-unsaturated/α-hetero) is 1. The lowest BCUT2D eigenvalue weighted by atomic mass is 9.96. The Morgan fingerprint density at radius 3 is 2.05 bits per heavy atom. The van der Waals surface area contributed by atoms with Gasteiger partial charge in [-0.3, -0.25) is 9.59 Å². The van der Waals surface area contributed by atoms with Gasteiger partial charge in [0.15, 0.2) is 0 Å². The van der Waals surface area contributed by atoms with E-state index in [1.165, 1.54) is 31.8 Å². The topological polar surface area (TPSA) is 54.4 Å². The molecule has 0 aromatic carbocycles. The van der Waals surface area contributed by atoms with Gasteiger partial charge in [-0.15, -0.1) is 0 Å². The quantitative estimate of drug-likeness (QED) is 0.375. The number of hydrogen-bond donors (Lipinski definition) is 1. The highest BCUT2D eigenvalue weighted by Gasteiger charge is 2.17. The summed E-state index contributed by atoms with van der Waals surface area (Å²) in [6, 6.07) is 0. The highest BCUT2D eigenvalue weighted by Crippen LogP contribution is 2.16. The molecule has 1 aliphatic carbocycles. The van der Waals surface area contributed by atoms with Crippen molar-refractivity contribution in [1.82, 2.24) is 0 Å². The molecule has 19 heavy (non-hydrogen) atoms. The number of hydrogen-bond acceptors (Lipinski definition) is 3. The molecule has 1 rings (SSSR count). The van der Waals surface area contributed by atoms with Crippen LogP contribution in [0.4, 0.5) is 0 Å². The van der Waals surface area contributed by atoms with Crippen LogP contribution in [-0.4, -0.2) is 23.3 Å². The van der Waals surface area contributed by atoms with Crippen LogP contribution in [0.5, 0.6) is 0 Å². The van der Waals surface area contributed by atoms with Crippen LogP contribution in [-0.2, 0) is 9.59 Å². The number of carbonyl (C=O) groups excluding carboxylic acids is 2. The second-order valence-corrected chi connectivity index (χ2v) is 5.05. The van der Waals surface area contributed by atoms with Gasteiger partial charge in [0.05, 0.1) is 0 Å². The summed E-state index contributed by atoms with van der Waals surface area (Å²) in [5.41, 5.74) is 0.662. The molecule has 0 amide bonds. The van der Waals surface area contributed by atoms with Crippen molar-refractivity contribution >= 4 is 11.6 Å². The SMILES string of the molecule is O=C1C=CC=C(CCCCCCCCCCO)C1=O. The average Bonchev–Trinajstić information content (AvgIpc) is 2.41. The van der Waals surface area contributed by atoms with Gasteiger partial charge in [-0.05, 0) is 25.3 Å². The Kier molecular flexibility index (Phi) is 8.07. The Balaban J connectivity index is 1.99. The summed E-state index contributed by atoms with van der Waals surface area (Å²) in [6.07, 6.45) is 14.4. The molecule has 3 nitrogen and oxygen atoms in total. The average molecular weight is 264 g/mol. The van der Waals surface area contributed by atoms with Gasteiger partial charge in [-0.25, -0.2) is 0 Å². The van der Waals surface area contributed by atoms with Gasteiger partial charge in [-0.2, -0.15) is 0 Å². The summed E-state index contributed by atoms with van der Waals surface area (Å²) in [5.74, 6) is -0.715. The minimum absolute atomic E-state index is 0.302. The van der Waals surface area contributed by atoms with E-state index in [0.717, 1.165) is 32.1 Å². The lowest BCUT2D eigenvalue weighted by molar-refractivity contribution is -0.131. The lowest BCUT2D eigenvalue weighted by Gasteiger charge is -2.06. The summed E-state index contributed by atoms with van der Waals surface area (Å²) < 4.78 is 0. The van der Waals surface area contributed by atoms with Crippen LogP contribution in [0.15, 0.2) is 23.8 Å². The molecule has 3 heteroatoms. The van der Waals surface area contributed by atoms with E-state index in [9.17, 15) is 9.59 Å². The molecule has 1 aliphatic rings. The molecule has 0 fully saturated rings. The molecule has 0 aromatic heterocycles. The molecular weight excluding hydrogens is 240 g/mol. The third kappa shape index (κ3) is 6.48. The third-order valence-corrected chi connectivity index (χ3v) is 3.41. The van der Waals surface area contributed by atoms with E-state index in [-0.39, 0.29) is 11.6 Å². The summed E-state index contributed by atoms with van der Waals surface area (Å²) in [7, 11) is 0. The molecule has 0 atom stereocenters. The van der Waals surface area contributed by atoms with Gasteiger partial charge in [0.1, 0.15) is 0 Å². The molecule has 106 valence electrons. The van der Waals surface area contributed by atoms with E-state index in [0.29, 0.717) is 12.2 Å². The van der Waals surface area contributed by atoms with Crippen LogP contribution in [0.1, 0.15) is 57.8 Å². The number of carbonyl (C=O) groups is 2. The largest absolute Gasteiger partial charge is 0.396 e. The zero-order valence-corrected chi connectivity index (χ0v) is 11.6. The molecule has 0 radical (unpaired) electrons. The van der Waals surface area contributed by atoms with Crippen LogP contribution in [0.2, 0.25) is 0 Å². The normalized spacial score (nSPS) is 14.9. The zero-order valence-electron chi connectivity index (χ0n) is 11.6. The van der Waals surface area contributed by atoms with Gasteiger partial charge in [0.25, 0.3) is 0 Å². The van der Waals surface area contributed by atoms with Gasteiger partial charge in [0.2, 0.25) is 11.6 Å². The van der Waals surface area contributed by atoms with Crippen molar-refractivity contribution in [2.45, 2.75) is 57.8 Å². The van der Waals surface area contributed by atoms with Crippen molar-refractivity contribution in [3.05, 3.63) is 23.8 Å². The van der Waals surface area contributed by atoms with E-state index >= 15 is 0 Å². The first kappa shape index (κ1) is 15.8. The second-order valence-electron chi connectivity index (χ2n) is 5.05. The first-order valence-corrected chi connectivity index (χ1v) is 7.32.